The summed E-state index contributed by atoms with van der Waals surface area (Å²) in [6.07, 6.45) is 3.03. The van der Waals surface area contributed by atoms with Crippen LogP contribution in [-0.4, -0.2) is 39.3 Å². The summed E-state index contributed by atoms with van der Waals surface area (Å²) in [7, 11) is 0.635. The van der Waals surface area contributed by atoms with E-state index in [0.29, 0.717) is 23.1 Å². The Labute approximate surface area is 103 Å². The van der Waals surface area contributed by atoms with E-state index in [1.165, 1.54) is 13.4 Å². The summed E-state index contributed by atoms with van der Waals surface area (Å²) in [5, 5.41) is 3.10. The Morgan fingerprint density at radius 3 is 2.71 bits per heavy atom. The molecule has 1 aromatic rings. The van der Waals surface area contributed by atoms with Gasteiger partial charge in [0.25, 0.3) is 0 Å². The molecule has 7 nitrogen and oxygen atoms in total. The molecule has 17 heavy (non-hydrogen) atoms. The van der Waals surface area contributed by atoms with Gasteiger partial charge < -0.3 is 15.5 Å². The van der Waals surface area contributed by atoms with Crippen molar-refractivity contribution in [2.75, 3.05) is 29.9 Å². The molecule has 0 spiro atoms. The minimum atomic E-state index is -0.872. The average molecular weight is 259 g/mol. The first-order valence-corrected chi connectivity index (χ1v) is 6.73. The van der Waals surface area contributed by atoms with Crippen LogP contribution in [0.1, 0.15) is 6.92 Å². The third-order valence-electron chi connectivity index (χ3n) is 2.01. The third-order valence-corrected chi connectivity index (χ3v) is 2.98. The number of nitrogens with zero attached hydrogens (tertiary/aromatic N) is 2. The highest BCUT2D eigenvalue weighted by molar-refractivity contribution is 7.84. The molecule has 0 aliphatic carbocycles. The molecule has 0 saturated heterocycles. The number of rotatable bonds is 6. The summed E-state index contributed by atoms with van der Waals surface area (Å²) in [6.45, 7) is 1.92. The van der Waals surface area contributed by atoms with Crippen molar-refractivity contribution in [2.45, 2.75) is 13.0 Å². The molecule has 0 radical (unpaired) electrons. The largest absolute Gasteiger partial charge is 0.490 e. The summed E-state index contributed by atoms with van der Waals surface area (Å²) >= 11 is 0. The molecule has 0 fully saturated rings. The number of nitrogen functional groups attached to an aromatic ring is 1. The molecule has 1 aromatic heterocycles. The predicted octanol–water partition coefficient (Wildman–Crippen LogP) is -0.0503. The van der Waals surface area contributed by atoms with E-state index in [4.69, 9.17) is 10.6 Å². The van der Waals surface area contributed by atoms with Gasteiger partial charge in [-0.25, -0.2) is 15.8 Å². The van der Waals surface area contributed by atoms with E-state index < -0.39 is 10.8 Å². The summed E-state index contributed by atoms with van der Waals surface area (Å²) < 4.78 is 16.3. The highest BCUT2D eigenvalue weighted by atomic mass is 32.2. The minimum absolute atomic E-state index is 0.00950. The van der Waals surface area contributed by atoms with Gasteiger partial charge in [0.15, 0.2) is 11.6 Å². The van der Waals surface area contributed by atoms with Crippen molar-refractivity contribution in [3.8, 4) is 5.75 Å². The van der Waals surface area contributed by atoms with Gasteiger partial charge in [0.05, 0.1) is 7.11 Å². The van der Waals surface area contributed by atoms with Crippen LogP contribution in [0, 0.1) is 0 Å². The van der Waals surface area contributed by atoms with Gasteiger partial charge in [-0.1, -0.05) is 0 Å². The molecule has 8 heteroatoms. The molecule has 0 bridgehead atoms. The first-order valence-electron chi connectivity index (χ1n) is 5.00. The van der Waals surface area contributed by atoms with Crippen LogP contribution < -0.4 is 21.3 Å². The number of methoxy groups -OCH3 is 1. The molecular formula is C9H17N5O2S. The Morgan fingerprint density at radius 1 is 1.53 bits per heavy atom. The SMILES string of the molecule is COc1c(NN)ncnc1NC(C)CS(C)=O. The van der Waals surface area contributed by atoms with Crippen LogP contribution >= 0.6 is 0 Å². The molecule has 0 aliphatic heterocycles. The lowest BCUT2D eigenvalue weighted by Gasteiger charge is -2.16. The standard InChI is InChI=1S/C9H17N5O2S/c1-6(4-17(3)15)13-8-7(16-2)9(14-10)12-5-11-8/h5-6H,4,10H2,1-3H3,(H2,11,12,13,14). The van der Waals surface area contributed by atoms with Crippen molar-refractivity contribution in [1.29, 1.82) is 0 Å². The van der Waals surface area contributed by atoms with Crippen molar-refractivity contribution in [2.24, 2.45) is 5.84 Å². The van der Waals surface area contributed by atoms with E-state index in [0.717, 1.165) is 0 Å². The normalized spacial score (nSPS) is 13.9. The zero-order valence-electron chi connectivity index (χ0n) is 10.1. The van der Waals surface area contributed by atoms with Crippen LogP contribution in [0.25, 0.3) is 0 Å². The molecular weight excluding hydrogens is 242 g/mol. The van der Waals surface area contributed by atoms with Crippen molar-refractivity contribution in [3.63, 3.8) is 0 Å². The maximum absolute atomic E-state index is 11.1. The number of hydrogen-bond acceptors (Lipinski definition) is 7. The van der Waals surface area contributed by atoms with Gasteiger partial charge in [-0.15, -0.1) is 0 Å². The lowest BCUT2D eigenvalue weighted by molar-refractivity contribution is 0.414. The summed E-state index contributed by atoms with van der Waals surface area (Å²) in [6, 6.07) is 0.00950. The highest BCUT2D eigenvalue weighted by Gasteiger charge is 2.13. The van der Waals surface area contributed by atoms with Gasteiger partial charge in [-0.3, -0.25) is 4.21 Å². The molecule has 4 N–H and O–H groups in total. The quantitative estimate of drug-likeness (QED) is 0.486. The second-order valence-electron chi connectivity index (χ2n) is 3.53. The Hall–Kier alpha value is -1.41. The lowest BCUT2D eigenvalue weighted by atomic mass is 10.3. The van der Waals surface area contributed by atoms with Gasteiger partial charge in [0.1, 0.15) is 6.33 Å². The van der Waals surface area contributed by atoms with Gasteiger partial charge in [-0.2, -0.15) is 0 Å². The van der Waals surface area contributed by atoms with Crippen molar-refractivity contribution >= 4 is 22.4 Å². The molecule has 0 aliphatic rings. The number of ether oxygens (including phenoxy) is 1. The van der Waals surface area contributed by atoms with E-state index in [1.54, 1.807) is 6.26 Å². The number of hydrazine groups is 1. The average Bonchev–Trinajstić information content (AvgIpc) is 2.27. The van der Waals surface area contributed by atoms with Gasteiger partial charge in [-0.05, 0) is 6.92 Å². The van der Waals surface area contributed by atoms with Crippen LogP contribution in [-0.2, 0) is 10.8 Å². The molecule has 0 aromatic carbocycles. The third kappa shape index (κ3) is 3.82. The first kappa shape index (κ1) is 13.7. The van der Waals surface area contributed by atoms with Crippen molar-refractivity contribution in [3.05, 3.63) is 6.33 Å². The maximum atomic E-state index is 11.1. The van der Waals surface area contributed by atoms with Gasteiger partial charge >= 0.3 is 0 Å². The Bertz CT molecular complexity index is 401. The van der Waals surface area contributed by atoms with E-state index in [1.807, 2.05) is 6.92 Å². The molecule has 1 heterocycles. The number of anilines is 2. The van der Waals surface area contributed by atoms with Gasteiger partial charge in [0, 0.05) is 28.9 Å². The second-order valence-corrected chi connectivity index (χ2v) is 5.01. The fraction of sp³-hybridized carbons (Fsp3) is 0.556. The van der Waals surface area contributed by atoms with Gasteiger partial charge in [0.2, 0.25) is 5.75 Å². The number of nitrogens with one attached hydrogen (secondary N) is 2. The molecule has 1 rings (SSSR count). The summed E-state index contributed by atoms with van der Waals surface area (Å²) in [4.78, 5) is 7.99. The lowest BCUT2D eigenvalue weighted by Crippen LogP contribution is -2.23. The summed E-state index contributed by atoms with van der Waals surface area (Å²) in [5.74, 6) is 7.19. The second kappa shape index (κ2) is 6.36. The molecule has 2 atom stereocenters. The summed E-state index contributed by atoms with van der Waals surface area (Å²) in [5.41, 5.74) is 2.42. The van der Waals surface area contributed by atoms with Crippen molar-refractivity contribution < 1.29 is 8.95 Å². The Kier molecular flexibility index (Phi) is 5.11. The van der Waals surface area contributed by atoms with E-state index >= 15 is 0 Å². The molecule has 0 amide bonds. The van der Waals surface area contributed by atoms with Crippen LogP contribution in [0.4, 0.5) is 11.6 Å². The minimum Gasteiger partial charge on any atom is -0.490 e. The van der Waals surface area contributed by atoms with E-state index in [2.05, 4.69) is 20.7 Å². The number of aromatic nitrogens is 2. The monoisotopic (exact) mass is 259 g/mol. The maximum Gasteiger partial charge on any atom is 0.205 e. The van der Waals surface area contributed by atoms with E-state index in [9.17, 15) is 4.21 Å². The predicted molar refractivity (Wildman–Crippen MR) is 68.4 cm³/mol. The highest BCUT2D eigenvalue weighted by Crippen LogP contribution is 2.28. The smallest absolute Gasteiger partial charge is 0.205 e. The van der Waals surface area contributed by atoms with E-state index in [-0.39, 0.29) is 6.04 Å². The fourth-order valence-corrected chi connectivity index (χ4v) is 2.19. The zero-order valence-corrected chi connectivity index (χ0v) is 10.9. The topological polar surface area (TPSA) is 102 Å². The Balaban J connectivity index is 2.86. The van der Waals surface area contributed by atoms with Crippen LogP contribution in [0.2, 0.25) is 0 Å². The van der Waals surface area contributed by atoms with Crippen molar-refractivity contribution in [1.82, 2.24) is 9.97 Å². The number of hydrogen-bond donors (Lipinski definition) is 3. The Morgan fingerprint density at radius 2 is 2.18 bits per heavy atom. The molecule has 2 unspecified atom stereocenters. The van der Waals surface area contributed by atoms with Crippen LogP contribution in [0.5, 0.6) is 5.75 Å². The molecule has 96 valence electrons. The van der Waals surface area contributed by atoms with Crippen LogP contribution in [0.15, 0.2) is 6.33 Å². The van der Waals surface area contributed by atoms with Crippen LogP contribution in [0.3, 0.4) is 0 Å². The zero-order chi connectivity index (χ0) is 12.8. The number of nitrogens with two attached hydrogens (primary N) is 1. The molecule has 0 saturated carbocycles. The fourth-order valence-electron chi connectivity index (χ4n) is 1.40. The first-order chi connectivity index (χ1) is 8.08.